The van der Waals surface area contributed by atoms with Crippen molar-refractivity contribution in [3.05, 3.63) is 6.33 Å². The van der Waals surface area contributed by atoms with Crippen LogP contribution in [0, 0.1) is 0 Å². The van der Waals surface area contributed by atoms with Gasteiger partial charge in [-0.15, -0.1) is 0 Å². The monoisotopic (exact) mass is 314 g/mol. The van der Waals surface area contributed by atoms with Crippen molar-refractivity contribution in [2.24, 2.45) is 0 Å². The minimum absolute atomic E-state index is 0.0273. The van der Waals surface area contributed by atoms with Gasteiger partial charge in [0.1, 0.15) is 18.3 Å². The first-order valence-electron chi connectivity index (χ1n) is 6.48. The molecule has 0 unspecified atom stereocenters. The number of nitrogens with zero attached hydrogens (tertiary/aromatic N) is 4. The maximum absolute atomic E-state index is 10.1. The predicted octanol–water partition coefficient (Wildman–Crippen LogP) is -2.01. The molecule has 1 aliphatic heterocycles. The summed E-state index contributed by atoms with van der Waals surface area (Å²) in [6.45, 7) is -0.422. The molecule has 0 amide bonds. The summed E-state index contributed by atoms with van der Waals surface area (Å²) in [4.78, 5) is 17.0. The summed E-state index contributed by atoms with van der Waals surface area (Å²) >= 11 is 0. The van der Waals surface area contributed by atoms with Gasteiger partial charge in [-0.25, -0.2) is 10.5 Å². The average molecular weight is 314 g/mol. The molecule has 3 heterocycles. The highest BCUT2D eigenvalue weighted by Crippen LogP contribution is 2.32. The van der Waals surface area contributed by atoms with Gasteiger partial charge in [-0.05, 0) is 0 Å². The molecule has 2 aromatic heterocycles. The van der Waals surface area contributed by atoms with Crippen molar-refractivity contribution in [1.82, 2.24) is 19.5 Å². The van der Waals surface area contributed by atoms with Crippen molar-refractivity contribution >= 4 is 22.9 Å². The second kappa shape index (κ2) is 5.62. The fourth-order valence-corrected chi connectivity index (χ4v) is 2.40. The number of hydrogen-bond donors (Lipinski definition) is 5. The lowest BCUT2D eigenvalue weighted by molar-refractivity contribution is -0.0511. The number of rotatable bonds is 4. The quantitative estimate of drug-likeness (QED) is 0.315. The van der Waals surface area contributed by atoms with Gasteiger partial charge >= 0.3 is 0 Å². The molecular formula is C11H16N6O5. The maximum atomic E-state index is 10.1. The third kappa shape index (κ3) is 2.24. The fourth-order valence-electron chi connectivity index (χ4n) is 2.40. The van der Waals surface area contributed by atoms with Crippen LogP contribution in [0.15, 0.2) is 6.33 Å². The van der Waals surface area contributed by atoms with E-state index in [0.717, 1.165) is 0 Å². The lowest BCUT2D eigenvalue weighted by Crippen LogP contribution is -2.33. The largest absolute Gasteiger partial charge is 0.394 e. The van der Waals surface area contributed by atoms with Gasteiger partial charge in [-0.2, -0.15) is 9.97 Å². The molecule has 11 nitrogen and oxygen atoms in total. The summed E-state index contributed by atoms with van der Waals surface area (Å²) in [5.74, 6) is 0.232. The molecule has 0 aliphatic carbocycles. The van der Waals surface area contributed by atoms with Crippen LogP contribution < -0.4 is 11.2 Å². The molecule has 1 saturated heterocycles. The van der Waals surface area contributed by atoms with Crippen molar-refractivity contribution in [2.75, 3.05) is 24.9 Å². The van der Waals surface area contributed by atoms with Crippen LogP contribution in [-0.2, 0) is 9.57 Å². The molecule has 120 valence electrons. The molecule has 22 heavy (non-hydrogen) atoms. The Hall–Kier alpha value is -2.05. The molecule has 11 heteroatoms. The van der Waals surface area contributed by atoms with Gasteiger partial charge in [0.25, 0.3) is 0 Å². The highest BCUT2D eigenvalue weighted by Gasteiger charge is 2.44. The van der Waals surface area contributed by atoms with Gasteiger partial charge in [0.05, 0.1) is 20.0 Å². The van der Waals surface area contributed by atoms with Crippen LogP contribution in [0.25, 0.3) is 11.2 Å². The number of nitrogens with one attached hydrogen (secondary N) is 1. The van der Waals surface area contributed by atoms with Crippen molar-refractivity contribution in [2.45, 2.75) is 24.5 Å². The number of anilines is 2. The standard InChI is InChI=1S/C11H16N6O5/c1-21-16-8-5-9(15-11(12)14-8)17(3-13-5)10-7(20)6(19)4(2-18)22-10/h3-4,6-7,10,18-20H,2H2,1H3,(H3,12,14,15,16)/t4-,6+,7-,10-/m1/s1/i12+1,14+1. The number of aliphatic hydroxyl groups is 3. The Bertz CT molecular complexity index is 678. The lowest BCUT2D eigenvalue weighted by atomic mass is 10.1. The van der Waals surface area contributed by atoms with E-state index in [1.165, 1.54) is 18.0 Å². The van der Waals surface area contributed by atoms with Crippen LogP contribution in [0.4, 0.5) is 11.8 Å². The smallest absolute Gasteiger partial charge is 0.224 e. The van der Waals surface area contributed by atoms with E-state index < -0.39 is 31.1 Å². The number of ether oxygens (including phenoxy) is 1. The summed E-state index contributed by atoms with van der Waals surface area (Å²) in [5, 5.41) is 29.1. The second-order valence-electron chi connectivity index (χ2n) is 4.79. The minimum atomic E-state index is -1.25. The maximum Gasteiger partial charge on any atom is 0.224 e. The Morgan fingerprint density at radius 3 is 2.82 bits per heavy atom. The first-order valence-corrected chi connectivity index (χ1v) is 6.48. The van der Waals surface area contributed by atoms with Crippen molar-refractivity contribution in [1.29, 1.82) is 0 Å². The Labute approximate surface area is 124 Å². The van der Waals surface area contributed by atoms with E-state index in [-0.39, 0.29) is 11.8 Å². The Balaban J connectivity index is 2.05. The normalized spacial score (nSPS) is 28.4. The number of aromatic nitrogens is 4. The summed E-state index contributed by atoms with van der Waals surface area (Å²) in [6, 6.07) is 0. The molecule has 4 atom stereocenters. The molecular weight excluding hydrogens is 298 g/mol. The first kappa shape index (κ1) is 14.9. The van der Waals surface area contributed by atoms with Crippen molar-refractivity contribution in [3.63, 3.8) is 0 Å². The van der Waals surface area contributed by atoms with E-state index in [1.807, 2.05) is 0 Å². The highest BCUT2D eigenvalue weighted by atomic mass is 16.6. The molecule has 1 aliphatic rings. The first-order chi connectivity index (χ1) is 10.6. The summed E-state index contributed by atoms with van der Waals surface area (Å²) in [5.41, 5.74) is 8.83. The number of hydrogen-bond acceptors (Lipinski definition) is 10. The molecule has 6 N–H and O–H groups in total. The SMILES string of the molecule is CONc1[15n]c([15NH2])nc2c1ncn2[C@@H]1O[C@H](CO)[C@H](O)[C@H]1O. The number of aliphatic hydroxyl groups excluding tert-OH is 3. The van der Waals surface area contributed by atoms with Crippen LogP contribution in [0.1, 0.15) is 6.23 Å². The number of nitrogens with two attached hydrogens (primary N) is 1. The number of nitrogen functional groups attached to an aromatic ring is 1. The summed E-state index contributed by atoms with van der Waals surface area (Å²) in [6.07, 6.45) is -2.94. The summed E-state index contributed by atoms with van der Waals surface area (Å²) < 4.78 is 6.86. The molecule has 1 fully saturated rings. The van der Waals surface area contributed by atoms with E-state index in [4.69, 9.17) is 20.4 Å². The number of fused-ring (bicyclic) bond motifs is 1. The van der Waals surface area contributed by atoms with E-state index in [0.29, 0.717) is 11.2 Å². The highest BCUT2D eigenvalue weighted by molar-refractivity contribution is 5.83. The summed E-state index contributed by atoms with van der Waals surface area (Å²) in [7, 11) is 1.41. The Morgan fingerprint density at radius 2 is 2.18 bits per heavy atom. The van der Waals surface area contributed by atoms with Gasteiger partial charge in [-0.3, -0.25) is 9.40 Å². The lowest BCUT2D eigenvalue weighted by Gasteiger charge is -2.16. The van der Waals surface area contributed by atoms with E-state index >= 15 is 0 Å². The third-order valence-corrected chi connectivity index (χ3v) is 3.43. The van der Waals surface area contributed by atoms with E-state index in [1.54, 1.807) is 0 Å². The fraction of sp³-hybridized carbons (Fsp3) is 0.545. The van der Waals surface area contributed by atoms with Crippen LogP contribution in [0.2, 0.25) is 0 Å². The van der Waals surface area contributed by atoms with E-state index in [9.17, 15) is 10.2 Å². The molecule has 0 aromatic carbocycles. The minimum Gasteiger partial charge on any atom is -0.394 e. The predicted molar refractivity (Wildman–Crippen MR) is 73.4 cm³/mol. The molecule has 0 saturated carbocycles. The van der Waals surface area contributed by atoms with Crippen molar-refractivity contribution in [3.8, 4) is 0 Å². The molecule has 0 bridgehead atoms. The van der Waals surface area contributed by atoms with Crippen LogP contribution in [-0.4, -0.2) is 66.9 Å². The Kier molecular flexibility index (Phi) is 3.80. The van der Waals surface area contributed by atoms with E-state index in [2.05, 4.69) is 20.4 Å². The zero-order valence-electron chi connectivity index (χ0n) is 11.6. The van der Waals surface area contributed by atoms with Gasteiger partial charge in [-0.1, -0.05) is 0 Å². The molecule has 0 radical (unpaired) electrons. The van der Waals surface area contributed by atoms with Crippen LogP contribution in [0.3, 0.4) is 0 Å². The van der Waals surface area contributed by atoms with Gasteiger partial charge in [0.15, 0.2) is 23.2 Å². The third-order valence-electron chi connectivity index (χ3n) is 3.43. The van der Waals surface area contributed by atoms with Gasteiger partial charge < -0.3 is 25.8 Å². The zero-order chi connectivity index (χ0) is 15.9. The molecule has 0 spiro atoms. The zero-order valence-corrected chi connectivity index (χ0v) is 11.6. The van der Waals surface area contributed by atoms with Crippen LogP contribution >= 0.6 is 0 Å². The number of imidazole rings is 1. The Morgan fingerprint density at radius 1 is 1.41 bits per heavy atom. The van der Waals surface area contributed by atoms with Crippen molar-refractivity contribution < 1.29 is 24.9 Å². The average Bonchev–Trinajstić information content (AvgIpc) is 3.02. The van der Waals surface area contributed by atoms with Crippen LogP contribution in [0.5, 0.6) is 0 Å². The molecule has 3 rings (SSSR count). The second-order valence-corrected chi connectivity index (χ2v) is 4.79. The van der Waals surface area contributed by atoms with Gasteiger partial charge in [0, 0.05) is 0 Å². The van der Waals surface area contributed by atoms with Gasteiger partial charge in [0.2, 0.25) is 5.95 Å². The molecule has 2 aromatic rings. The topological polar surface area (TPSA) is 161 Å².